The third-order valence-electron chi connectivity index (χ3n) is 2.86. The maximum Gasteiger partial charge on any atom is 0.299 e. The van der Waals surface area contributed by atoms with Crippen molar-refractivity contribution in [1.29, 1.82) is 0 Å². The van der Waals surface area contributed by atoms with Crippen LogP contribution in [0.15, 0.2) is 18.2 Å². The van der Waals surface area contributed by atoms with E-state index in [0.717, 1.165) is 37.1 Å². The fourth-order valence-corrected chi connectivity index (χ4v) is 3.02. The minimum absolute atomic E-state index is 0.442. The van der Waals surface area contributed by atoms with Crippen LogP contribution in [0.3, 0.4) is 0 Å². The van der Waals surface area contributed by atoms with Crippen LogP contribution < -0.4 is 14.8 Å². The highest BCUT2D eigenvalue weighted by Crippen LogP contribution is 2.30. The van der Waals surface area contributed by atoms with E-state index in [9.17, 15) is 8.42 Å². The van der Waals surface area contributed by atoms with Gasteiger partial charge in [0.15, 0.2) is 0 Å². The molecule has 0 spiro atoms. The third-order valence-corrected chi connectivity index (χ3v) is 3.93. The van der Waals surface area contributed by atoms with Gasteiger partial charge in [-0.2, -0.15) is 13.1 Å². The summed E-state index contributed by atoms with van der Waals surface area (Å²) in [5, 5.41) is 3.26. The number of rotatable bonds is 5. The van der Waals surface area contributed by atoms with E-state index < -0.39 is 10.2 Å². The lowest BCUT2D eigenvalue weighted by atomic mass is 10.0. The lowest BCUT2D eigenvalue weighted by molar-refractivity contribution is 0.586. The van der Waals surface area contributed by atoms with E-state index in [4.69, 9.17) is 0 Å². The Kier molecular flexibility index (Phi) is 4.08. The van der Waals surface area contributed by atoms with Gasteiger partial charge >= 0.3 is 0 Å². The zero-order chi connectivity index (χ0) is 13.0. The van der Waals surface area contributed by atoms with Gasteiger partial charge in [-0.25, -0.2) is 0 Å². The molecule has 1 aliphatic heterocycles. The smallest absolute Gasteiger partial charge is 0.299 e. The van der Waals surface area contributed by atoms with Gasteiger partial charge in [-0.3, -0.25) is 4.72 Å². The van der Waals surface area contributed by atoms with Crippen LogP contribution >= 0.6 is 0 Å². The molecule has 100 valence electrons. The van der Waals surface area contributed by atoms with Gasteiger partial charge < -0.3 is 5.32 Å². The molecule has 1 heterocycles. The number of benzene rings is 1. The minimum atomic E-state index is -3.47. The first-order chi connectivity index (χ1) is 8.62. The van der Waals surface area contributed by atoms with Crippen molar-refractivity contribution >= 4 is 21.6 Å². The van der Waals surface area contributed by atoms with Gasteiger partial charge in [0, 0.05) is 13.1 Å². The summed E-state index contributed by atoms with van der Waals surface area (Å²) in [6.45, 7) is 3.25. The Balaban J connectivity index is 2.19. The predicted octanol–water partition coefficient (Wildman–Crippen LogP) is 1.70. The first-order valence-corrected chi connectivity index (χ1v) is 7.74. The Bertz CT molecular complexity index is 514. The van der Waals surface area contributed by atoms with Crippen LogP contribution in [0.4, 0.5) is 11.4 Å². The lowest BCUT2D eigenvalue weighted by Crippen LogP contribution is -2.31. The van der Waals surface area contributed by atoms with Crippen molar-refractivity contribution in [2.24, 2.45) is 0 Å². The number of fused-ring (bicyclic) bond motifs is 1. The SMILES string of the molecule is CCCNS(=O)(=O)Nc1cccc2c1NCCC2. The highest BCUT2D eigenvalue weighted by atomic mass is 32.2. The number of aryl methyl sites for hydroxylation is 1. The van der Waals surface area contributed by atoms with Crippen molar-refractivity contribution in [3.8, 4) is 0 Å². The molecule has 5 nitrogen and oxygen atoms in total. The van der Waals surface area contributed by atoms with Crippen molar-refractivity contribution in [2.75, 3.05) is 23.1 Å². The van der Waals surface area contributed by atoms with E-state index in [0.29, 0.717) is 12.2 Å². The van der Waals surface area contributed by atoms with Crippen LogP contribution in [-0.2, 0) is 16.6 Å². The summed E-state index contributed by atoms with van der Waals surface area (Å²) in [4.78, 5) is 0. The van der Waals surface area contributed by atoms with Crippen LogP contribution in [0.5, 0.6) is 0 Å². The van der Waals surface area contributed by atoms with Crippen molar-refractivity contribution in [1.82, 2.24) is 4.72 Å². The highest BCUT2D eigenvalue weighted by Gasteiger charge is 2.16. The Morgan fingerprint density at radius 3 is 3.00 bits per heavy atom. The number of anilines is 2. The van der Waals surface area contributed by atoms with Gasteiger partial charge in [-0.15, -0.1) is 0 Å². The molecule has 1 aromatic rings. The number of para-hydroxylation sites is 1. The van der Waals surface area contributed by atoms with Gasteiger partial charge in [-0.1, -0.05) is 19.1 Å². The summed E-state index contributed by atoms with van der Waals surface area (Å²) in [6.07, 6.45) is 2.84. The second kappa shape index (κ2) is 5.58. The van der Waals surface area contributed by atoms with Crippen LogP contribution in [0.25, 0.3) is 0 Å². The van der Waals surface area contributed by atoms with Gasteiger partial charge in [0.2, 0.25) is 0 Å². The molecule has 0 saturated carbocycles. The van der Waals surface area contributed by atoms with Crippen LogP contribution in [0.1, 0.15) is 25.3 Å². The van der Waals surface area contributed by atoms with Crippen molar-refractivity contribution in [3.05, 3.63) is 23.8 Å². The highest BCUT2D eigenvalue weighted by molar-refractivity contribution is 7.90. The summed E-state index contributed by atoms with van der Waals surface area (Å²) in [5.41, 5.74) is 2.69. The predicted molar refractivity (Wildman–Crippen MR) is 74.1 cm³/mol. The van der Waals surface area contributed by atoms with E-state index in [-0.39, 0.29) is 0 Å². The Hall–Kier alpha value is -1.27. The van der Waals surface area contributed by atoms with Crippen molar-refractivity contribution < 1.29 is 8.42 Å². The lowest BCUT2D eigenvalue weighted by Gasteiger charge is -2.21. The van der Waals surface area contributed by atoms with Crippen molar-refractivity contribution in [2.45, 2.75) is 26.2 Å². The second-order valence-electron chi connectivity index (χ2n) is 4.37. The molecule has 3 N–H and O–H groups in total. The van der Waals surface area contributed by atoms with E-state index in [1.165, 1.54) is 0 Å². The van der Waals surface area contributed by atoms with Gasteiger partial charge in [0.1, 0.15) is 0 Å². The first-order valence-electron chi connectivity index (χ1n) is 6.25. The molecule has 2 rings (SSSR count). The fraction of sp³-hybridized carbons (Fsp3) is 0.500. The van der Waals surface area contributed by atoms with E-state index in [1.807, 2.05) is 19.1 Å². The normalized spacial score (nSPS) is 14.7. The minimum Gasteiger partial charge on any atom is -0.383 e. The number of hydrogen-bond acceptors (Lipinski definition) is 3. The monoisotopic (exact) mass is 269 g/mol. The maximum absolute atomic E-state index is 11.8. The molecular weight excluding hydrogens is 250 g/mol. The second-order valence-corrected chi connectivity index (χ2v) is 5.87. The molecule has 6 heteroatoms. The average Bonchev–Trinajstić information content (AvgIpc) is 2.37. The molecule has 0 bridgehead atoms. The standard InChI is InChI=1S/C12H19N3O2S/c1-2-8-14-18(16,17)15-11-7-3-5-10-6-4-9-13-12(10)11/h3,5,7,13-15H,2,4,6,8-9H2,1H3. The van der Waals surface area contributed by atoms with E-state index in [2.05, 4.69) is 14.8 Å². The molecule has 18 heavy (non-hydrogen) atoms. The Morgan fingerprint density at radius 2 is 2.22 bits per heavy atom. The third kappa shape index (κ3) is 3.14. The van der Waals surface area contributed by atoms with E-state index >= 15 is 0 Å². The number of hydrogen-bond donors (Lipinski definition) is 3. The molecule has 0 atom stereocenters. The molecule has 1 aliphatic rings. The maximum atomic E-state index is 11.8. The zero-order valence-electron chi connectivity index (χ0n) is 10.5. The summed E-state index contributed by atoms with van der Waals surface area (Å²) < 4.78 is 28.7. The molecule has 0 amide bonds. The topological polar surface area (TPSA) is 70.2 Å². The largest absolute Gasteiger partial charge is 0.383 e. The Morgan fingerprint density at radius 1 is 1.39 bits per heavy atom. The summed E-state index contributed by atoms with van der Waals surface area (Å²) in [7, 11) is -3.47. The average molecular weight is 269 g/mol. The quantitative estimate of drug-likeness (QED) is 0.762. The van der Waals surface area contributed by atoms with Crippen LogP contribution in [0.2, 0.25) is 0 Å². The first kappa shape index (κ1) is 13.2. The van der Waals surface area contributed by atoms with Gasteiger partial charge in [-0.05, 0) is 30.9 Å². The molecule has 0 aliphatic carbocycles. The molecule has 0 aromatic heterocycles. The number of nitrogens with one attached hydrogen (secondary N) is 3. The van der Waals surface area contributed by atoms with Crippen LogP contribution in [-0.4, -0.2) is 21.5 Å². The van der Waals surface area contributed by atoms with Gasteiger partial charge in [0.25, 0.3) is 10.2 Å². The summed E-state index contributed by atoms with van der Waals surface area (Å²) in [5.74, 6) is 0. The molecule has 0 radical (unpaired) electrons. The van der Waals surface area contributed by atoms with Crippen LogP contribution in [0, 0.1) is 0 Å². The molecule has 1 aromatic carbocycles. The molecular formula is C12H19N3O2S. The Labute approximate surface area is 108 Å². The molecule has 0 saturated heterocycles. The molecule has 0 fully saturated rings. The summed E-state index contributed by atoms with van der Waals surface area (Å²) in [6, 6.07) is 5.69. The fourth-order valence-electron chi connectivity index (χ4n) is 2.01. The van der Waals surface area contributed by atoms with Gasteiger partial charge in [0.05, 0.1) is 11.4 Å². The summed E-state index contributed by atoms with van der Waals surface area (Å²) >= 11 is 0. The zero-order valence-corrected chi connectivity index (χ0v) is 11.3. The molecule has 0 unspecified atom stereocenters. The van der Waals surface area contributed by atoms with E-state index in [1.54, 1.807) is 6.07 Å². The van der Waals surface area contributed by atoms with Crippen molar-refractivity contribution in [3.63, 3.8) is 0 Å².